The number of hydrogen-bond acceptors (Lipinski definition) is 5. The van der Waals surface area contributed by atoms with E-state index >= 15 is 0 Å². The predicted octanol–water partition coefficient (Wildman–Crippen LogP) is 4.34. The Kier molecular flexibility index (Phi) is 4.94. The van der Waals surface area contributed by atoms with Crippen LogP contribution in [0.1, 0.15) is 21.7 Å². The number of carbonyl (C=O) groups is 1. The Morgan fingerprint density at radius 1 is 1.21 bits per heavy atom. The van der Waals surface area contributed by atoms with Gasteiger partial charge in [-0.1, -0.05) is 0 Å². The molecule has 0 spiro atoms. The molecule has 0 unspecified atom stereocenters. The molecule has 1 fully saturated rings. The SMILES string of the molecule is O=C(Nc1ccc(N[C@H]2CCNC2)nc1)c1cc2cc(C(F)(F)F)ccc2s1. The summed E-state index contributed by atoms with van der Waals surface area (Å²) in [4.78, 5) is 17.1. The van der Waals surface area contributed by atoms with Crippen LogP contribution in [0.15, 0.2) is 42.6 Å². The summed E-state index contributed by atoms with van der Waals surface area (Å²) < 4.78 is 39.1. The zero-order chi connectivity index (χ0) is 19.7. The van der Waals surface area contributed by atoms with Crippen LogP contribution in [-0.2, 0) is 6.18 Å². The van der Waals surface area contributed by atoms with E-state index in [4.69, 9.17) is 0 Å². The maximum absolute atomic E-state index is 12.8. The molecule has 2 aromatic heterocycles. The fourth-order valence-electron chi connectivity index (χ4n) is 3.06. The van der Waals surface area contributed by atoms with E-state index in [1.807, 2.05) is 0 Å². The van der Waals surface area contributed by atoms with Crippen LogP contribution in [0, 0.1) is 0 Å². The number of benzene rings is 1. The fraction of sp³-hybridized carbons (Fsp3) is 0.263. The highest BCUT2D eigenvalue weighted by Gasteiger charge is 2.30. The summed E-state index contributed by atoms with van der Waals surface area (Å²) in [6, 6.07) is 8.81. The van der Waals surface area contributed by atoms with Crippen molar-refractivity contribution in [3.63, 3.8) is 0 Å². The van der Waals surface area contributed by atoms with Crippen molar-refractivity contribution in [1.29, 1.82) is 0 Å². The van der Waals surface area contributed by atoms with Crippen molar-refractivity contribution < 1.29 is 18.0 Å². The number of halogens is 3. The monoisotopic (exact) mass is 406 g/mol. The minimum atomic E-state index is -4.41. The maximum atomic E-state index is 12.8. The van der Waals surface area contributed by atoms with E-state index in [-0.39, 0.29) is 5.91 Å². The lowest BCUT2D eigenvalue weighted by atomic mass is 10.1. The van der Waals surface area contributed by atoms with Crippen molar-refractivity contribution in [3.05, 3.63) is 53.0 Å². The molecule has 3 N–H and O–H groups in total. The number of aromatic nitrogens is 1. The maximum Gasteiger partial charge on any atom is 0.416 e. The Labute approximate surface area is 163 Å². The summed E-state index contributed by atoms with van der Waals surface area (Å²) in [6.45, 7) is 1.87. The van der Waals surface area contributed by atoms with Gasteiger partial charge >= 0.3 is 6.18 Å². The van der Waals surface area contributed by atoms with Gasteiger partial charge in [0.2, 0.25) is 0 Å². The van der Waals surface area contributed by atoms with Crippen molar-refractivity contribution in [2.75, 3.05) is 23.7 Å². The number of rotatable bonds is 4. The molecule has 0 saturated carbocycles. The van der Waals surface area contributed by atoms with Gasteiger partial charge in [0.15, 0.2) is 0 Å². The quantitative estimate of drug-likeness (QED) is 0.603. The van der Waals surface area contributed by atoms with Crippen LogP contribution in [0.2, 0.25) is 0 Å². The summed E-state index contributed by atoms with van der Waals surface area (Å²) in [6.07, 6.45) is -1.82. The van der Waals surface area contributed by atoms with Crippen molar-refractivity contribution >= 4 is 38.8 Å². The van der Waals surface area contributed by atoms with Crippen LogP contribution < -0.4 is 16.0 Å². The third-order valence-electron chi connectivity index (χ3n) is 4.50. The highest BCUT2D eigenvalue weighted by Crippen LogP contribution is 2.34. The van der Waals surface area contributed by atoms with Crippen LogP contribution in [0.25, 0.3) is 10.1 Å². The fourth-order valence-corrected chi connectivity index (χ4v) is 4.00. The van der Waals surface area contributed by atoms with Gasteiger partial charge in [-0.15, -0.1) is 11.3 Å². The molecule has 1 aromatic carbocycles. The summed E-state index contributed by atoms with van der Waals surface area (Å²) in [5, 5.41) is 9.70. The number of anilines is 2. The number of carbonyl (C=O) groups excluding carboxylic acids is 1. The van der Waals surface area contributed by atoms with Gasteiger partial charge in [-0.05, 0) is 54.8 Å². The third kappa shape index (κ3) is 4.10. The molecular formula is C19H17F3N4OS. The Bertz CT molecular complexity index is 995. The number of pyridine rings is 1. The first-order valence-electron chi connectivity index (χ1n) is 8.74. The lowest BCUT2D eigenvalue weighted by Crippen LogP contribution is -2.22. The Balaban J connectivity index is 1.45. The van der Waals surface area contributed by atoms with Crippen molar-refractivity contribution in [1.82, 2.24) is 10.3 Å². The number of thiophene rings is 1. The first kappa shape index (κ1) is 18.7. The minimum absolute atomic E-state index is 0.341. The Morgan fingerprint density at radius 3 is 2.75 bits per heavy atom. The Hall–Kier alpha value is -2.65. The van der Waals surface area contributed by atoms with Gasteiger partial charge in [0, 0.05) is 17.3 Å². The second kappa shape index (κ2) is 7.40. The standard InChI is InChI=1S/C19H17F3N4OS/c20-19(21,22)12-1-3-15-11(7-12)8-16(28-15)18(27)26-13-2-4-17(24-10-13)25-14-5-6-23-9-14/h1-4,7-8,10,14,23H,5-6,9H2,(H,24,25)(H,26,27)/t14-/m0/s1. The van der Waals surface area contributed by atoms with E-state index in [1.54, 1.807) is 18.3 Å². The van der Waals surface area contributed by atoms with E-state index in [0.717, 1.165) is 48.8 Å². The molecule has 4 rings (SSSR count). The van der Waals surface area contributed by atoms with Crippen molar-refractivity contribution in [2.45, 2.75) is 18.6 Å². The second-order valence-electron chi connectivity index (χ2n) is 6.58. The molecule has 1 aliphatic heterocycles. The minimum Gasteiger partial charge on any atom is -0.366 e. The number of nitrogens with zero attached hydrogens (tertiary/aromatic N) is 1. The number of hydrogen-bond donors (Lipinski definition) is 3. The Morgan fingerprint density at radius 2 is 2.07 bits per heavy atom. The first-order valence-corrected chi connectivity index (χ1v) is 9.55. The molecule has 3 aromatic rings. The highest BCUT2D eigenvalue weighted by atomic mass is 32.1. The largest absolute Gasteiger partial charge is 0.416 e. The van der Waals surface area contributed by atoms with Gasteiger partial charge in [-0.2, -0.15) is 13.2 Å². The zero-order valence-corrected chi connectivity index (χ0v) is 15.5. The van der Waals surface area contributed by atoms with Gasteiger partial charge in [-0.25, -0.2) is 4.98 Å². The van der Waals surface area contributed by atoms with Gasteiger partial charge < -0.3 is 16.0 Å². The number of nitrogens with one attached hydrogen (secondary N) is 3. The normalized spacial score (nSPS) is 17.0. The zero-order valence-electron chi connectivity index (χ0n) is 14.6. The summed E-state index contributed by atoms with van der Waals surface area (Å²) >= 11 is 1.15. The topological polar surface area (TPSA) is 66.1 Å². The lowest BCUT2D eigenvalue weighted by Gasteiger charge is -2.12. The average molecular weight is 406 g/mol. The van der Waals surface area contributed by atoms with Gasteiger partial charge in [0.1, 0.15) is 5.82 Å². The highest BCUT2D eigenvalue weighted by molar-refractivity contribution is 7.20. The number of alkyl halides is 3. The summed E-state index contributed by atoms with van der Waals surface area (Å²) in [7, 11) is 0. The van der Waals surface area contributed by atoms with Crippen LogP contribution >= 0.6 is 11.3 Å². The lowest BCUT2D eigenvalue weighted by molar-refractivity contribution is -0.137. The van der Waals surface area contributed by atoms with E-state index in [0.29, 0.717) is 26.7 Å². The van der Waals surface area contributed by atoms with E-state index < -0.39 is 11.7 Å². The molecule has 28 heavy (non-hydrogen) atoms. The van der Waals surface area contributed by atoms with Crippen LogP contribution in [0.4, 0.5) is 24.7 Å². The summed E-state index contributed by atoms with van der Waals surface area (Å²) in [5.74, 6) is 0.352. The smallest absolute Gasteiger partial charge is 0.366 e. The van der Waals surface area contributed by atoms with Crippen molar-refractivity contribution in [2.24, 2.45) is 0 Å². The molecule has 0 radical (unpaired) electrons. The summed E-state index contributed by atoms with van der Waals surface area (Å²) in [5.41, 5.74) is -0.206. The van der Waals surface area contributed by atoms with Crippen LogP contribution in [0.5, 0.6) is 0 Å². The molecule has 3 heterocycles. The average Bonchev–Trinajstić information content (AvgIpc) is 3.31. The molecule has 0 bridgehead atoms. The molecule has 9 heteroatoms. The van der Waals surface area contributed by atoms with Gasteiger partial charge in [0.25, 0.3) is 5.91 Å². The predicted molar refractivity (Wildman–Crippen MR) is 104 cm³/mol. The molecule has 1 amide bonds. The third-order valence-corrected chi connectivity index (χ3v) is 5.62. The van der Waals surface area contributed by atoms with Gasteiger partial charge in [0.05, 0.1) is 22.3 Å². The molecule has 0 aliphatic carbocycles. The molecule has 146 valence electrons. The molecule has 1 saturated heterocycles. The van der Waals surface area contributed by atoms with E-state index in [2.05, 4.69) is 20.9 Å². The van der Waals surface area contributed by atoms with Crippen LogP contribution in [-0.4, -0.2) is 30.0 Å². The molecule has 5 nitrogen and oxygen atoms in total. The number of amides is 1. The van der Waals surface area contributed by atoms with Crippen molar-refractivity contribution in [3.8, 4) is 0 Å². The van der Waals surface area contributed by atoms with Gasteiger partial charge in [-0.3, -0.25) is 4.79 Å². The van der Waals surface area contributed by atoms with Crippen LogP contribution in [0.3, 0.4) is 0 Å². The van der Waals surface area contributed by atoms with E-state index in [9.17, 15) is 18.0 Å². The number of fused-ring (bicyclic) bond motifs is 1. The molecule has 1 aliphatic rings. The second-order valence-corrected chi connectivity index (χ2v) is 7.67. The molecular weight excluding hydrogens is 389 g/mol. The van der Waals surface area contributed by atoms with E-state index in [1.165, 1.54) is 12.1 Å². The first-order chi connectivity index (χ1) is 13.4. The molecule has 1 atom stereocenters.